The fraction of sp³-hybridized carbons (Fsp3) is 0.769. The Kier molecular flexibility index (Phi) is 3.45. The Bertz CT molecular complexity index is 366. The summed E-state index contributed by atoms with van der Waals surface area (Å²) in [7, 11) is 2.27. The van der Waals surface area contributed by atoms with Crippen molar-refractivity contribution >= 4 is 11.3 Å². The molecule has 0 unspecified atom stereocenters. The van der Waals surface area contributed by atoms with E-state index in [1.807, 2.05) is 16.8 Å². The van der Waals surface area contributed by atoms with Gasteiger partial charge in [0.05, 0.1) is 11.2 Å². The minimum atomic E-state index is 0.755. The van der Waals surface area contributed by atoms with Crippen molar-refractivity contribution in [3.05, 3.63) is 16.1 Å². The highest BCUT2D eigenvalue weighted by molar-refractivity contribution is 7.09. The summed E-state index contributed by atoms with van der Waals surface area (Å²) in [5.74, 6) is 0.790. The van der Waals surface area contributed by atoms with Gasteiger partial charge in [-0.05, 0) is 45.8 Å². The molecular weight excluding hydrogens is 230 g/mol. The molecule has 2 aliphatic rings. The van der Waals surface area contributed by atoms with Crippen molar-refractivity contribution in [2.75, 3.05) is 20.1 Å². The Labute approximate surface area is 107 Å². The molecule has 94 valence electrons. The van der Waals surface area contributed by atoms with Gasteiger partial charge in [-0.3, -0.25) is 4.90 Å². The molecule has 1 saturated heterocycles. The number of rotatable bonds is 4. The first kappa shape index (κ1) is 11.6. The predicted molar refractivity (Wildman–Crippen MR) is 71.4 cm³/mol. The lowest BCUT2D eigenvalue weighted by atomic mass is 10.1. The Morgan fingerprint density at radius 1 is 1.35 bits per heavy atom. The molecule has 0 spiro atoms. The van der Waals surface area contributed by atoms with Gasteiger partial charge in [-0.2, -0.15) is 0 Å². The summed E-state index contributed by atoms with van der Waals surface area (Å²) >= 11 is 1.84. The van der Waals surface area contributed by atoms with Crippen molar-refractivity contribution < 1.29 is 0 Å². The van der Waals surface area contributed by atoms with Gasteiger partial charge in [0, 0.05) is 23.4 Å². The third kappa shape index (κ3) is 2.69. The zero-order chi connectivity index (χ0) is 11.7. The molecule has 0 amide bonds. The van der Waals surface area contributed by atoms with Crippen LogP contribution in [-0.4, -0.2) is 36.1 Å². The van der Waals surface area contributed by atoms with Crippen molar-refractivity contribution in [3.8, 4) is 0 Å². The van der Waals surface area contributed by atoms with Gasteiger partial charge in [-0.15, -0.1) is 11.3 Å². The summed E-state index contributed by atoms with van der Waals surface area (Å²) in [5.41, 5.74) is 3.43. The molecular formula is C13H21N3S. The van der Waals surface area contributed by atoms with Gasteiger partial charge in [0.2, 0.25) is 0 Å². The van der Waals surface area contributed by atoms with Gasteiger partial charge in [-0.25, -0.2) is 4.98 Å². The van der Waals surface area contributed by atoms with E-state index in [1.165, 1.54) is 49.3 Å². The number of nitrogens with zero attached hydrogens (tertiary/aromatic N) is 2. The van der Waals surface area contributed by atoms with E-state index >= 15 is 0 Å². The van der Waals surface area contributed by atoms with Gasteiger partial charge in [0.15, 0.2) is 0 Å². The van der Waals surface area contributed by atoms with Crippen LogP contribution in [0.15, 0.2) is 5.51 Å². The average Bonchev–Trinajstić information content (AvgIpc) is 3.11. The van der Waals surface area contributed by atoms with E-state index in [0.717, 1.165) is 18.5 Å². The maximum absolute atomic E-state index is 4.56. The van der Waals surface area contributed by atoms with Crippen LogP contribution in [0.1, 0.15) is 42.2 Å². The molecule has 2 fully saturated rings. The van der Waals surface area contributed by atoms with Crippen molar-refractivity contribution in [1.29, 1.82) is 0 Å². The van der Waals surface area contributed by atoms with Gasteiger partial charge >= 0.3 is 0 Å². The second-order valence-electron chi connectivity index (χ2n) is 5.33. The summed E-state index contributed by atoms with van der Waals surface area (Å²) in [4.78, 5) is 8.59. The molecule has 3 nitrogen and oxygen atoms in total. The molecule has 17 heavy (non-hydrogen) atoms. The van der Waals surface area contributed by atoms with Crippen LogP contribution < -0.4 is 5.32 Å². The highest BCUT2D eigenvalue weighted by atomic mass is 32.1. The van der Waals surface area contributed by atoms with E-state index in [4.69, 9.17) is 0 Å². The number of thiazole rings is 1. The highest BCUT2D eigenvalue weighted by Gasteiger charge is 2.29. The third-order valence-electron chi connectivity index (χ3n) is 3.96. The Balaban J connectivity index is 1.62. The number of aromatic nitrogens is 1. The largest absolute Gasteiger partial charge is 0.317 e. The van der Waals surface area contributed by atoms with E-state index in [2.05, 4.69) is 22.2 Å². The molecule has 1 saturated carbocycles. The Morgan fingerprint density at radius 3 is 2.82 bits per heavy atom. The van der Waals surface area contributed by atoms with Gasteiger partial charge in [0.25, 0.3) is 0 Å². The minimum Gasteiger partial charge on any atom is -0.317 e. The molecule has 0 atom stereocenters. The summed E-state index contributed by atoms with van der Waals surface area (Å²) in [5, 5.41) is 3.43. The van der Waals surface area contributed by atoms with Crippen LogP contribution in [0.2, 0.25) is 0 Å². The average molecular weight is 251 g/mol. The highest BCUT2D eigenvalue weighted by Crippen LogP contribution is 2.42. The Morgan fingerprint density at radius 2 is 2.12 bits per heavy atom. The number of hydrogen-bond acceptors (Lipinski definition) is 4. The maximum atomic E-state index is 4.56. The lowest BCUT2D eigenvalue weighted by molar-refractivity contribution is 0.193. The second kappa shape index (κ2) is 5.04. The molecule has 4 heteroatoms. The van der Waals surface area contributed by atoms with Crippen LogP contribution in [0.3, 0.4) is 0 Å². The van der Waals surface area contributed by atoms with Crippen LogP contribution in [0.25, 0.3) is 0 Å². The first-order valence-corrected chi connectivity index (χ1v) is 7.56. The normalized spacial score (nSPS) is 22.2. The standard InChI is InChI=1S/C13H21N3S/c1-16(11-4-6-14-7-5-11)8-12-13(10-2-3-10)15-9-17-12/h9-11,14H,2-8H2,1H3. The molecule has 0 radical (unpaired) electrons. The topological polar surface area (TPSA) is 28.2 Å². The van der Waals surface area contributed by atoms with Crippen LogP contribution >= 0.6 is 11.3 Å². The van der Waals surface area contributed by atoms with E-state index in [0.29, 0.717) is 0 Å². The Hall–Kier alpha value is -0.450. The predicted octanol–water partition coefficient (Wildman–Crippen LogP) is 2.20. The van der Waals surface area contributed by atoms with Crippen LogP contribution in [-0.2, 0) is 6.54 Å². The van der Waals surface area contributed by atoms with E-state index < -0.39 is 0 Å². The van der Waals surface area contributed by atoms with E-state index in [-0.39, 0.29) is 0 Å². The molecule has 1 aliphatic carbocycles. The van der Waals surface area contributed by atoms with Gasteiger partial charge in [0.1, 0.15) is 0 Å². The zero-order valence-electron chi connectivity index (χ0n) is 10.5. The van der Waals surface area contributed by atoms with Crippen molar-refractivity contribution in [3.63, 3.8) is 0 Å². The molecule has 1 aromatic rings. The summed E-state index contributed by atoms with van der Waals surface area (Å²) in [6.45, 7) is 3.45. The van der Waals surface area contributed by atoms with E-state index in [9.17, 15) is 0 Å². The number of hydrogen-bond donors (Lipinski definition) is 1. The lowest BCUT2D eigenvalue weighted by Crippen LogP contribution is -2.40. The molecule has 1 aliphatic heterocycles. The third-order valence-corrected chi connectivity index (χ3v) is 4.80. The lowest BCUT2D eigenvalue weighted by Gasteiger charge is -2.31. The molecule has 1 aromatic heterocycles. The number of nitrogens with one attached hydrogen (secondary N) is 1. The van der Waals surface area contributed by atoms with Crippen LogP contribution in [0.4, 0.5) is 0 Å². The smallest absolute Gasteiger partial charge is 0.0798 e. The quantitative estimate of drug-likeness (QED) is 0.889. The maximum Gasteiger partial charge on any atom is 0.0798 e. The zero-order valence-corrected chi connectivity index (χ0v) is 11.3. The molecule has 3 rings (SSSR count). The summed E-state index contributed by atoms with van der Waals surface area (Å²) in [6, 6.07) is 0.755. The van der Waals surface area contributed by atoms with Crippen LogP contribution in [0.5, 0.6) is 0 Å². The first-order chi connectivity index (χ1) is 8.34. The fourth-order valence-electron chi connectivity index (χ4n) is 2.69. The monoisotopic (exact) mass is 251 g/mol. The first-order valence-electron chi connectivity index (χ1n) is 6.68. The minimum absolute atomic E-state index is 0.755. The second-order valence-corrected chi connectivity index (χ2v) is 6.27. The van der Waals surface area contributed by atoms with Crippen molar-refractivity contribution in [2.24, 2.45) is 0 Å². The SMILES string of the molecule is CN(Cc1scnc1C1CC1)C1CCNCC1. The molecule has 0 aromatic carbocycles. The molecule has 0 bridgehead atoms. The van der Waals surface area contributed by atoms with Gasteiger partial charge in [-0.1, -0.05) is 0 Å². The number of piperidine rings is 1. The van der Waals surface area contributed by atoms with Gasteiger partial charge < -0.3 is 5.32 Å². The van der Waals surface area contributed by atoms with Crippen LogP contribution in [0, 0.1) is 0 Å². The fourth-order valence-corrected chi connectivity index (χ4v) is 3.60. The summed E-state index contributed by atoms with van der Waals surface area (Å²) < 4.78 is 0. The van der Waals surface area contributed by atoms with Crippen molar-refractivity contribution in [1.82, 2.24) is 15.2 Å². The van der Waals surface area contributed by atoms with E-state index in [1.54, 1.807) is 0 Å². The molecule has 2 heterocycles. The summed E-state index contributed by atoms with van der Waals surface area (Å²) in [6.07, 6.45) is 5.28. The van der Waals surface area contributed by atoms with Crippen molar-refractivity contribution in [2.45, 2.75) is 44.2 Å². The molecule has 1 N–H and O–H groups in total.